The van der Waals surface area contributed by atoms with Crippen molar-refractivity contribution in [3.63, 3.8) is 0 Å². The largest absolute Gasteiger partial charge is 0.480 e. The van der Waals surface area contributed by atoms with E-state index in [4.69, 9.17) is 9.84 Å². The molecular formula is C18H24N2O6. The first kappa shape index (κ1) is 21.2. The number of nitrogens with one attached hydrogen (secondary N) is 2. The number of carbonyl (C=O) groups is 3. The van der Waals surface area contributed by atoms with Crippen LogP contribution >= 0.6 is 0 Å². The van der Waals surface area contributed by atoms with Gasteiger partial charge in [-0.15, -0.1) is 6.58 Å². The van der Waals surface area contributed by atoms with Crippen LogP contribution in [0.1, 0.15) is 25.3 Å². The lowest BCUT2D eigenvalue weighted by Gasteiger charge is -2.23. The van der Waals surface area contributed by atoms with E-state index >= 15 is 0 Å². The molecule has 2 amide bonds. The zero-order chi connectivity index (χ0) is 19.5. The topological polar surface area (TPSA) is 125 Å². The van der Waals surface area contributed by atoms with Gasteiger partial charge in [-0.3, -0.25) is 4.79 Å². The Hall–Kier alpha value is -2.87. The number of aliphatic hydroxyl groups excluding tert-OH is 1. The van der Waals surface area contributed by atoms with Crippen LogP contribution in [0.3, 0.4) is 0 Å². The quantitative estimate of drug-likeness (QED) is 0.462. The van der Waals surface area contributed by atoms with Crippen molar-refractivity contribution in [2.24, 2.45) is 0 Å². The molecule has 1 rings (SSSR count). The number of allylic oxidation sites excluding steroid dienone is 1. The predicted octanol–water partition coefficient (Wildman–Crippen LogP) is 1.20. The fourth-order valence-corrected chi connectivity index (χ4v) is 2.10. The monoisotopic (exact) mass is 364 g/mol. The van der Waals surface area contributed by atoms with E-state index in [2.05, 4.69) is 17.2 Å². The molecule has 3 atom stereocenters. The molecule has 142 valence electrons. The number of alkyl carbamates (subject to hydrolysis) is 1. The highest BCUT2D eigenvalue weighted by molar-refractivity contribution is 5.89. The van der Waals surface area contributed by atoms with Gasteiger partial charge in [-0.1, -0.05) is 36.4 Å². The normalized spacial score (nSPS) is 13.8. The maximum Gasteiger partial charge on any atom is 0.408 e. The summed E-state index contributed by atoms with van der Waals surface area (Å²) in [5.74, 6) is -2.02. The Kier molecular flexibility index (Phi) is 8.86. The third kappa shape index (κ3) is 7.35. The minimum absolute atomic E-state index is 0.00208. The van der Waals surface area contributed by atoms with Crippen molar-refractivity contribution in [3.8, 4) is 0 Å². The minimum atomic E-state index is -1.34. The van der Waals surface area contributed by atoms with E-state index in [1.165, 1.54) is 13.0 Å². The summed E-state index contributed by atoms with van der Waals surface area (Å²) in [4.78, 5) is 35.3. The van der Waals surface area contributed by atoms with Crippen LogP contribution in [0.5, 0.6) is 0 Å². The molecule has 0 spiro atoms. The lowest BCUT2D eigenvalue weighted by atomic mass is 10.1. The lowest BCUT2D eigenvalue weighted by molar-refractivity contribution is -0.142. The van der Waals surface area contributed by atoms with E-state index in [-0.39, 0.29) is 13.0 Å². The molecule has 4 N–H and O–H groups in total. The van der Waals surface area contributed by atoms with E-state index in [1.807, 2.05) is 6.07 Å². The number of rotatable bonds is 10. The van der Waals surface area contributed by atoms with E-state index in [1.54, 1.807) is 24.3 Å². The van der Waals surface area contributed by atoms with Gasteiger partial charge in [-0.05, 0) is 25.3 Å². The first-order chi connectivity index (χ1) is 12.3. The minimum Gasteiger partial charge on any atom is -0.480 e. The zero-order valence-corrected chi connectivity index (χ0v) is 14.6. The van der Waals surface area contributed by atoms with Crippen LogP contribution in [0.25, 0.3) is 0 Å². The van der Waals surface area contributed by atoms with Gasteiger partial charge in [0.25, 0.3) is 0 Å². The van der Waals surface area contributed by atoms with E-state index in [0.29, 0.717) is 6.42 Å². The summed E-state index contributed by atoms with van der Waals surface area (Å²) in [7, 11) is 0. The number of carboxylic acid groups (broad SMARTS) is 1. The maximum atomic E-state index is 12.2. The van der Waals surface area contributed by atoms with Gasteiger partial charge in [0.1, 0.15) is 18.7 Å². The summed E-state index contributed by atoms with van der Waals surface area (Å²) in [6.07, 6.45) is -0.0624. The number of hydrogen-bond acceptors (Lipinski definition) is 5. The predicted molar refractivity (Wildman–Crippen MR) is 94.2 cm³/mol. The van der Waals surface area contributed by atoms with Gasteiger partial charge in [-0.2, -0.15) is 0 Å². The van der Waals surface area contributed by atoms with Crippen molar-refractivity contribution in [2.75, 3.05) is 0 Å². The molecule has 0 saturated carbocycles. The van der Waals surface area contributed by atoms with Gasteiger partial charge in [0.15, 0.2) is 0 Å². The molecule has 0 saturated heterocycles. The molecule has 0 heterocycles. The molecule has 0 radical (unpaired) electrons. The van der Waals surface area contributed by atoms with Crippen LogP contribution in [0, 0.1) is 0 Å². The number of carbonyl (C=O) groups excluding carboxylic acids is 2. The Bertz CT molecular complexity index is 617. The Morgan fingerprint density at radius 3 is 2.42 bits per heavy atom. The summed E-state index contributed by atoms with van der Waals surface area (Å²) in [6, 6.07) is 6.44. The average molecular weight is 364 g/mol. The van der Waals surface area contributed by atoms with E-state index in [0.717, 1.165) is 5.56 Å². The third-order valence-corrected chi connectivity index (χ3v) is 3.53. The highest BCUT2D eigenvalue weighted by Crippen LogP contribution is 2.03. The molecule has 0 bridgehead atoms. The van der Waals surface area contributed by atoms with Crippen molar-refractivity contribution < 1.29 is 29.3 Å². The van der Waals surface area contributed by atoms with E-state index < -0.39 is 36.2 Å². The van der Waals surface area contributed by atoms with Crippen LogP contribution in [-0.4, -0.2) is 46.4 Å². The first-order valence-corrected chi connectivity index (χ1v) is 8.14. The molecule has 1 aromatic carbocycles. The van der Waals surface area contributed by atoms with Crippen LogP contribution in [0.2, 0.25) is 0 Å². The SMILES string of the molecule is C=CCC[C@@H](NC(=O)[C@@H](NC(=O)OCc1ccccc1)[C@@H](C)O)C(=O)O. The molecule has 0 aliphatic carbocycles. The fraction of sp³-hybridized carbons (Fsp3) is 0.389. The molecule has 8 nitrogen and oxygen atoms in total. The third-order valence-electron chi connectivity index (χ3n) is 3.53. The number of aliphatic hydroxyl groups is 1. The Morgan fingerprint density at radius 1 is 1.23 bits per heavy atom. The summed E-state index contributed by atoms with van der Waals surface area (Å²) in [5, 5.41) is 23.4. The Labute approximate surface area is 151 Å². The van der Waals surface area contributed by atoms with Gasteiger partial charge < -0.3 is 25.6 Å². The van der Waals surface area contributed by atoms with Crippen molar-refractivity contribution in [1.29, 1.82) is 0 Å². The van der Waals surface area contributed by atoms with E-state index in [9.17, 15) is 19.5 Å². The second kappa shape index (κ2) is 10.9. The smallest absolute Gasteiger partial charge is 0.408 e. The van der Waals surface area contributed by atoms with Gasteiger partial charge in [-0.25, -0.2) is 9.59 Å². The van der Waals surface area contributed by atoms with Crippen molar-refractivity contribution >= 4 is 18.0 Å². The number of carboxylic acids is 1. The number of ether oxygens (including phenoxy) is 1. The van der Waals surface area contributed by atoms with Crippen LogP contribution in [0.15, 0.2) is 43.0 Å². The van der Waals surface area contributed by atoms with Crippen molar-refractivity contribution in [1.82, 2.24) is 10.6 Å². The molecular weight excluding hydrogens is 340 g/mol. The Morgan fingerprint density at radius 2 is 1.88 bits per heavy atom. The lowest BCUT2D eigenvalue weighted by Crippen LogP contribution is -2.55. The summed E-state index contributed by atoms with van der Waals surface area (Å²) in [5.41, 5.74) is 0.760. The van der Waals surface area contributed by atoms with Crippen molar-refractivity contribution in [3.05, 3.63) is 48.6 Å². The molecule has 0 unspecified atom stereocenters. The number of aliphatic carboxylic acids is 1. The second-order valence-electron chi connectivity index (χ2n) is 5.69. The second-order valence-corrected chi connectivity index (χ2v) is 5.69. The molecule has 1 aromatic rings. The zero-order valence-electron chi connectivity index (χ0n) is 14.6. The fourth-order valence-electron chi connectivity index (χ4n) is 2.10. The average Bonchev–Trinajstić information content (AvgIpc) is 2.61. The molecule has 0 fully saturated rings. The molecule has 8 heteroatoms. The van der Waals surface area contributed by atoms with Gasteiger partial charge in [0.05, 0.1) is 6.10 Å². The van der Waals surface area contributed by atoms with Gasteiger partial charge >= 0.3 is 12.1 Å². The molecule has 0 aliphatic heterocycles. The van der Waals surface area contributed by atoms with Crippen LogP contribution < -0.4 is 10.6 Å². The highest BCUT2D eigenvalue weighted by atomic mass is 16.5. The van der Waals surface area contributed by atoms with Gasteiger partial charge in [0.2, 0.25) is 5.91 Å². The molecule has 26 heavy (non-hydrogen) atoms. The number of hydrogen-bond donors (Lipinski definition) is 4. The molecule has 0 aromatic heterocycles. The van der Waals surface area contributed by atoms with Gasteiger partial charge in [0, 0.05) is 0 Å². The standard InChI is InChI=1S/C18H24N2O6/c1-3-4-10-14(17(23)24)19-16(22)15(12(2)21)20-18(25)26-11-13-8-6-5-7-9-13/h3,5-9,12,14-15,21H,1,4,10-11H2,2H3,(H,19,22)(H,20,25)(H,23,24)/t12-,14-,15+/m1/s1. The molecule has 0 aliphatic rings. The maximum absolute atomic E-state index is 12.2. The summed E-state index contributed by atoms with van der Waals surface area (Å²) in [6.45, 7) is 4.80. The Balaban J connectivity index is 2.62. The van der Waals surface area contributed by atoms with Crippen LogP contribution in [-0.2, 0) is 20.9 Å². The van der Waals surface area contributed by atoms with Crippen molar-refractivity contribution in [2.45, 2.75) is 44.6 Å². The first-order valence-electron chi connectivity index (χ1n) is 8.14. The number of amides is 2. The summed E-state index contributed by atoms with van der Waals surface area (Å²) < 4.78 is 5.01. The van der Waals surface area contributed by atoms with Crippen LogP contribution in [0.4, 0.5) is 4.79 Å². The summed E-state index contributed by atoms with van der Waals surface area (Å²) >= 11 is 0. The highest BCUT2D eigenvalue weighted by Gasteiger charge is 2.29. The number of benzene rings is 1.